The summed E-state index contributed by atoms with van der Waals surface area (Å²) in [6, 6.07) is 21.4. The molecule has 3 rings (SSSR count). The van der Waals surface area contributed by atoms with E-state index >= 15 is 0 Å². The van der Waals surface area contributed by atoms with Crippen molar-refractivity contribution in [1.82, 2.24) is 5.32 Å². The number of aryl methyl sites for hydroxylation is 3. The van der Waals surface area contributed by atoms with Gasteiger partial charge >= 0.3 is 8.25 Å². The minimum Gasteiger partial charge on any atom is -0.313 e. The summed E-state index contributed by atoms with van der Waals surface area (Å²) in [5.41, 5.74) is 11.2. The van der Waals surface area contributed by atoms with Crippen LogP contribution in [-0.4, -0.2) is 18.0 Å². The quantitative estimate of drug-likeness (QED) is 0.158. The summed E-state index contributed by atoms with van der Waals surface area (Å²) in [6.45, 7) is 10.4. The van der Waals surface area contributed by atoms with Gasteiger partial charge in [-0.15, -0.1) is 9.42 Å². The van der Waals surface area contributed by atoms with Crippen LogP contribution in [0.3, 0.4) is 0 Å². The van der Waals surface area contributed by atoms with Crippen LogP contribution < -0.4 is 5.32 Å². The Bertz CT molecular complexity index is 1220. The van der Waals surface area contributed by atoms with Gasteiger partial charge in [-0.3, -0.25) is 0 Å². The number of hydrogen-bond acceptors (Lipinski definition) is 3. The predicted octanol–water partition coefficient (Wildman–Crippen LogP) is 7.58. The van der Waals surface area contributed by atoms with Crippen LogP contribution in [0.5, 0.6) is 0 Å². The molecule has 1 unspecified atom stereocenters. The second-order valence-corrected chi connectivity index (χ2v) is 10.1. The maximum atomic E-state index is 10.6. The molecule has 0 saturated carbocycles. The molecule has 0 saturated heterocycles. The highest BCUT2D eigenvalue weighted by Crippen LogP contribution is 2.32. The molecule has 184 valence electrons. The molecule has 0 fully saturated rings. The maximum absolute atomic E-state index is 10.6. The average molecular weight is 511 g/mol. The molecule has 0 amide bonds. The number of nitrogens with one attached hydrogen (secondary N) is 1. The van der Waals surface area contributed by atoms with E-state index in [2.05, 4.69) is 75.5 Å². The Kier molecular flexibility index (Phi) is 10.2. The second-order valence-electron chi connectivity index (χ2n) is 8.95. The molecule has 3 aromatic rings. The van der Waals surface area contributed by atoms with Crippen molar-refractivity contribution in [3.05, 3.63) is 105 Å². The lowest BCUT2D eigenvalue weighted by Gasteiger charge is -2.17. The number of hydrogen-bond donors (Lipinski definition) is 2. The predicted molar refractivity (Wildman–Crippen MR) is 147 cm³/mol. The highest BCUT2D eigenvalue weighted by atomic mass is 35.5. The Hall–Kier alpha value is -2.33. The van der Waals surface area contributed by atoms with Crippen molar-refractivity contribution in [3.8, 4) is 0 Å². The van der Waals surface area contributed by atoms with Gasteiger partial charge in [-0.2, -0.15) is 0 Å². The molecule has 2 N–H and O–H groups in total. The van der Waals surface area contributed by atoms with Crippen molar-refractivity contribution in [2.45, 2.75) is 47.1 Å². The van der Waals surface area contributed by atoms with Gasteiger partial charge in [-0.25, -0.2) is 0 Å². The molecular weight excluding hydrogens is 477 g/mol. The lowest BCUT2D eigenvalue weighted by atomic mass is 9.89. The summed E-state index contributed by atoms with van der Waals surface area (Å²) in [4.78, 5) is 8.68. The highest BCUT2D eigenvalue weighted by Gasteiger charge is 2.13. The molecule has 0 heterocycles. The zero-order valence-electron chi connectivity index (χ0n) is 20.9. The minimum atomic E-state index is -2.51. The summed E-state index contributed by atoms with van der Waals surface area (Å²) in [6.07, 6.45) is 1.51. The van der Waals surface area contributed by atoms with Crippen molar-refractivity contribution >= 4 is 31.0 Å². The van der Waals surface area contributed by atoms with E-state index in [1.165, 1.54) is 44.5 Å². The standard InChI is InChI=1S/C29H33ClNO3P/c1-20-9-10-24(15-21(20)2)17-29(26-7-5-8-28(30)18-26)23(4)25-11-12-27(22(3)16-25)19-31-13-6-14-34-35(32)33/h5,7-12,15-16,18,31H,6,13-14,17,19H2,1-4H3/p+1/b29-23-. The SMILES string of the molecule is C/C(=C(\Cc1ccc(C)c(C)c1)c1cccc(Cl)c1)c1ccc(CNCCCO[P+](=O)O)c(C)c1. The molecule has 0 aliphatic heterocycles. The maximum Gasteiger partial charge on any atom is 0.694 e. The van der Waals surface area contributed by atoms with Crippen molar-refractivity contribution in [3.63, 3.8) is 0 Å². The Morgan fingerprint density at radius 3 is 2.46 bits per heavy atom. The first kappa shape index (κ1) is 27.3. The number of allylic oxidation sites excluding steroid dienone is 2. The van der Waals surface area contributed by atoms with Gasteiger partial charge in [0.05, 0.1) is 0 Å². The molecule has 0 aromatic heterocycles. The first-order valence-corrected chi connectivity index (χ1v) is 13.4. The third-order valence-corrected chi connectivity index (χ3v) is 7.01. The number of halogens is 1. The molecule has 0 bridgehead atoms. The Balaban J connectivity index is 1.83. The fourth-order valence-electron chi connectivity index (χ4n) is 4.11. The Morgan fingerprint density at radius 2 is 1.77 bits per heavy atom. The molecule has 6 heteroatoms. The van der Waals surface area contributed by atoms with Gasteiger partial charge in [0.2, 0.25) is 0 Å². The molecule has 0 radical (unpaired) electrons. The zero-order chi connectivity index (χ0) is 25.4. The van der Waals surface area contributed by atoms with Crippen LogP contribution in [0.4, 0.5) is 0 Å². The fourth-order valence-corrected chi connectivity index (χ4v) is 4.59. The molecule has 1 atom stereocenters. The topological polar surface area (TPSA) is 58.6 Å². The summed E-state index contributed by atoms with van der Waals surface area (Å²) >= 11 is 6.37. The van der Waals surface area contributed by atoms with Gasteiger partial charge in [0, 0.05) is 16.1 Å². The Morgan fingerprint density at radius 1 is 0.971 bits per heavy atom. The van der Waals surface area contributed by atoms with E-state index < -0.39 is 8.25 Å². The van der Waals surface area contributed by atoms with E-state index in [1.54, 1.807) is 0 Å². The van der Waals surface area contributed by atoms with Crippen molar-refractivity contribution in [2.24, 2.45) is 0 Å². The molecule has 0 aliphatic rings. The van der Waals surface area contributed by atoms with Crippen molar-refractivity contribution < 1.29 is 14.0 Å². The third-order valence-electron chi connectivity index (χ3n) is 6.37. The van der Waals surface area contributed by atoms with E-state index in [4.69, 9.17) is 21.0 Å². The van der Waals surface area contributed by atoms with E-state index in [1.807, 2.05) is 18.2 Å². The van der Waals surface area contributed by atoms with Crippen LogP contribution in [0.25, 0.3) is 11.1 Å². The largest absolute Gasteiger partial charge is 0.694 e. The van der Waals surface area contributed by atoms with Crippen LogP contribution in [0.15, 0.2) is 60.7 Å². The van der Waals surface area contributed by atoms with E-state index in [9.17, 15) is 4.57 Å². The molecular formula is C29H34ClNO3P+. The van der Waals surface area contributed by atoms with Gasteiger partial charge in [0.1, 0.15) is 6.61 Å². The van der Waals surface area contributed by atoms with Crippen LogP contribution >= 0.6 is 19.9 Å². The van der Waals surface area contributed by atoms with Crippen LogP contribution in [-0.2, 0) is 22.1 Å². The number of rotatable bonds is 11. The minimum absolute atomic E-state index is 0.271. The number of benzene rings is 3. The van der Waals surface area contributed by atoms with E-state index in [-0.39, 0.29) is 6.61 Å². The van der Waals surface area contributed by atoms with Crippen LogP contribution in [0, 0.1) is 20.8 Å². The molecule has 35 heavy (non-hydrogen) atoms. The highest BCUT2D eigenvalue weighted by molar-refractivity contribution is 7.32. The average Bonchev–Trinajstić information content (AvgIpc) is 2.82. The monoisotopic (exact) mass is 510 g/mol. The molecule has 4 nitrogen and oxygen atoms in total. The molecule has 0 spiro atoms. The van der Waals surface area contributed by atoms with E-state index in [0.717, 1.165) is 30.1 Å². The summed E-state index contributed by atoms with van der Waals surface area (Å²) in [5, 5.41) is 4.12. The van der Waals surface area contributed by atoms with Crippen LogP contribution in [0.2, 0.25) is 5.02 Å². The third kappa shape index (κ3) is 8.10. The summed E-state index contributed by atoms with van der Waals surface area (Å²) < 4.78 is 15.3. The molecule has 0 aliphatic carbocycles. The lowest BCUT2D eigenvalue weighted by Crippen LogP contribution is -2.16. The summed E-state index contributed by atoms with van der Waals surface area (Å²) in [5.74, 6) is 0. The molecule has 3 aromatic carbocycles. The lowest BCUT2D eigenvalue weighted by molar-refractivity contribution is 0.276. The summed E-state index contributed by atoms with van der Waals surface area (Å²) in [7, 11) is -2.51. The van der Waals surface area contributed by atoms with E-state index in [0.29, 0.717) is 6.42 Å². The van der Waals surface area contributed by atoms with Gasteiger partial charge in [-0.1, -0.05) is 60.1 Å². The van der Waals surface area contributed by atoms with Gasteiger partial charge in [0.25, 0.3) is 0 Å². The first-order chi connectivity index (χ1) is 16.7. The second kappa shape index (κ2) is 13.1. The van der Waals surface area contributed by atoms with Gasteiger partial charge in [-0.05, 0) is 109 Å². The Labute approximate surface area is 215 Å². The smallest absolute Gasteiger partial charge is 0.313 e. The van der Waals surface area contributed by atoms with Gasteiger partial charge in [0.15, 0.2) is 0 Å². The van der Waals surface area contributed by atoms with Crippen molar-refractivity contribution in [2.75, 3.05) is 13.2 Å². The fraction of sp³-hybridized carbons (Fsp3) is 0.310. The van der Waals surface area contributed by atoms with Gasteiger partial charge < -0.3 is 5.32 Å². The normalized spacial score (nSPS) is 12.5. The van der Waals surface area contributed by atoms with Crippen LogP contribution in [0.1, 0.15) is 52.3 Å². The van der Waals surface area contributed by atoms with Crippen molar-refractivity contribution in [1.29, 1.82) is 0 Å². The first-order valence-electron chi connectivity index (χ1n) is 11.9. The zero-order valence-corrected chi connectivity index (χ0v) is 22.5.